The molecule has 0 saturated heterocycles. The lowest BCUT2D eigenvalue weighted by Crippen LogP contribution is -2.48. The van der Waals surface area contributed by atoms with Gasteiger partial charge in [-0.05, 0) is 24.7 Å². The summed E-state index contributed by atoms with van der Waals surface area (Å²) >= 11 is 0. The number of hydrogen-bond donors (Lipinski definition) is 3. The van der Waals surface area contributed by atoms with Gasteiger partial charge in [0.25, 0.3) is 0 Å². The maximum atomic E-state index is 11.9. The number of carboxylic acids is 2. The molecule has 7 heteroatoms. The summed E-state index contributed by atoms with van der Waals surface area (Å²) in [6, 6.07) is -0.653. The summed E-state index contributed by atoms with van der Waals surface area (Å²) in [6.45, 7) is 2.97. The van der Waals surface area contributed by atoms with Crippen LogP contribution in [0.2, 0.25) is 0 Å². The van der Waals surface area contributed by atoms with E-state index in [0.717, 1.165) is 24.2 Å². The van der Waals surface area contributed by atoms with Gasteiger partial charge < -0.3 is 20.4 Å². The van der Waals surface area contributed by atoms with Crippen molar-refractivity contribution < 1.29 is 24.6 Å². The molecule has 0 aromatic rings. The monoisotopic (exact) mass is 272 g/mol. The zero-order valence-corrected chi connectivity index (χ0v) is 11.2. The van der Waals surface area contributed by atoms with E-state index in [2.05, 4.69) is 19.2 Å². The molecular formula is C12H20N2O5. The van der Waals surface area contributed by atoms with E-state index in [1.807, 2.05) is 0 Å². The number of nitrogens with zero attached hydrogens (tertiary/aromatic N) is 1. The molecule has 7 nitrogen and oxygen atoms in total. The molecule has 0 radical (unpaired) electrons. The largest absolute Gasteiger partial charge is 0.480 e. The number of aliphatic carboxylic acids is 2. The lowest BCUT2D eigenvalue weighted by molar-refractivity contribution is -0.140. The number of carbonyl (C=O) groups is 3. The zero-order valence-electron chi connectivity index (χ0n) is 11.2. The molecule has 108 valence electrons. The van der Waals surface area contributed by atoms with Gasteiger partial charge in [-0.25, -0.2) is 4.79 Å². The Labute approximate surface area is 111 Å². The second-order valence-corrected chi connectivity index (χ2v) is 5.70. The van der Waals surface area contributed by atoms with Crippen LogP contribution in [-0.2, 0) is 9.59 Å². The molecule has 19 heavy (non-hydrogen) atoms. The Morgan fingerprint density at radius 1 is 1.21 bits per heavy atom. The van der Waals surface area contributed by atoms with Crippen molar-refractivity contribution in [2.24, 2.45) is 5.41 Å². The quantitative estimate of drug-likeness (QED) is 0.684. The van der Waals surface area contributed by atoms with E-state index in [0.29, 0.717) is 0 Å². The van der Waals surface area contributed by atoms with Crippen molar-refractivity contribution in [3.8, 4) is 0 Å². The second-order valence-electron chi connectivity index (χ2n) is 5.70. The summed E-state index contributed by atoms with van der Waals surface area (Å²) in [5.74, 6) is -2.47. The summed E-state index contributed by atoms with van der Waals surface area (Å²) in [6.07, 6.45) is 2.62. The number of nitrogens with one attached hydrogen (secondary N) is 1. The molecule has 0 bridgehead atoms. The Morgan fingerprint density at radius 3 is 2.11 bits per heavy atom. The third-order valence-electron chi connectivity index (χ3n) is 3.24. The van der Waals surface area contributed by atoms with Crippen molar-refractivity contribution in [3.63, 3.8) is 0 Å². The van der Waals surface area contributed by atoms with Crippen LogP contribution in [0.3, 0.4) is 0 Å². The molecule has 1 aliphatic carbocycles. The minimum atomic E-state index is -1.23. The molecular weight excluding hydrogens is 252 g/mol. The predicted octanol–water partition coefficient (Wildman–Crippen LogP) is 0.746. The Kier molecular flexibility index (Phi) is 4.74. The smallest absolute Gasteiger partial charge is 0.323 e. The molecule has 0 heterocycles. The number of urea groups is 1. The Hall–Kier alpha value is -1.79. The summed E-state index contributed by atoms with van der Waals surface area (Å²) in [5.41, 5.74) is 0.155. The molecule has 1 fully saturated rings. The fraction of sp³-hybridized carbons (Fsp3) is 0.750. The zero-order chi connectivity index (χ0) is 14.6. The van der Waals surface area contributed by atoms with Gasteiger partial charge in [0.15, 0.2) is 0 Å². The van der Waals surface area contributed by atoms with Crippen molar-refractivity contribution >= 4 is 18.0 Å². The van der Waals surface area contributed by atoms with E-state index in [1.165, 1.54) is 0 Å². The van der Waals surface area contributed by atoms with Gasteiger partial charge in [0.05, 0.1) is 0 Å². The molecule has 3 N–H and O–H groups in total. The number of carbonyl (C=O) groups excluding carboxylic acids is 1. The average molecular weight is 272 g/mol. The Bertz CT molecular complexity index is 364. The lowest BCUT2D eigenvalue weighted by atomic mass is 9.92. The van der Waals surface area contributed by atoms with Crippen molar-refractivity contribution in [2.45, 2.75) is 39.2 Å². The highest BCUT2D eigenvalue weighted by Gasteiger charge is 2.33. The van der Waals surface area contributed by atoms with E-state index in [9.17, 15) is 14.4 Å². The number of rotatable bonds is 5. The van der Waals surface area contributed by atoms with E-state index < -0.39 is 31.1 Å². The fourth-order valence-corrected chi connectivity index (χ4v) is 2.35. The average Bonchev–Trinajstić information content (AvgIpc) is 2.55. The number of hydrogen-bond acceptors (Lipinski definition) is 3. The predicted molar refractivity (Wildman–Crippen MR) is 66.8 cm³/mol. The Morgan fingerprint density at radius 2 is 1.74 bits per heavy atom. The molecule has 0 spiro atoms. The van der Waals surface area contributed by atoms with Gasteiger partial charge in [-0.2, -0.15) is 0 Å². The maximum absolute atomic E-state index is 11.9. The van der Waals surface area contributed by atoms with Gasteiger partial charge in [-0.1, -0.05) is 13.8 Å². The van der Waals surface area contributed by atoms with Gasteiger partial charge in [0, 0.05) is 6.04 Å². The standard InChI is InChI=1S/C12H20N2O5/c1-12(2)4-3-8(5-12)13-11(19)14(6-9(15)16)7-10(17)18/h8H,3-7H2,1-2H3,(H,13,19)(H,15,16)(H,17,18). The van der Waals surface area contributed by atoms with Crippen LogP contribution >= 0.6 is 0 Å². The van der Waals surface area contributed by atoms with Gasteiger partial charge in [0.2, 0.25) is 0 Å². The molecule has 2 amide bonds. The minimum Gasteiger partial charge on any atom is -0.480 e. The first-order valence-electron chi connectivity index (χ1n) is 6.19. The van der Waals surface area contributed by atoms with Crippen molar-refractivity contribution in [1.82, 2.24) is 10.2 Å². The second kappa shape index (κ2) is 5.90. The highest BCUT2D eigenvalue weighted by atomic mass is 16.4. The molecule has 0 aromatic heterocycles. The van der Waals surface area contributed by atoms with Crippen LogP contribution in [-0.4, -0.2) is 52.2 Å². The number of amides is 2. The van der Waals surface area contributed by atoms with Crippen LogP contribution in [0.5, 0.6) is 0 Å². The topological polar surface area (TPSA) is 107 Å². The highest BCUT2D eigenvalue weighted by Crippen LogP contribution is 2.36. The SMILES string of the molecule is CC1(C)CCC(NC(=O)N(CC(=O)O)CC(=O)O)C1. The Balaban J connectivity index is 2.56. The van der Waals surface area contributed by atoms with Crippen LogP contribution in [0.4, 0.5) is 4.79 Å². The molecule has 1 saturated carbocycles. The van der Waals surface area contributed by atoms with Crippen molar-refractivity contribution in [2.75, 3.05) is 13.1 Å². The molecule has 1 atom stereocenters. The van der Waals surface area contributed by atoms with E-state index >= 15 is 0 Å². The third kappa shape index (κ3) is 5.15. The number of carboxylic acid groups (broad SMARTS) is 2. The lowest BCUT2D eigenvalue weighted by Gasteiger charge is -2.23. The summed E-state index contributed by atoms with van der Waals surface area (Å²) in [7, 11) is 0. The first kappa shape index (κ1) is 15.3. The molecule has 1 rings (SSSR count). The van der Waals surface area contributed by atoms with Gasteiger partial charge in [-0.3, -0.25) is 9.59 Å². The summed E-state index contributed by atoms with van der Waals surface area (Å²) in [4.78, 5) is 33.9. The summed E-state index contributed by atoms with van der Waals surface area (Å²) in [5, 5.41) is 20.1. The van der Waals surface area contributed by atoms with Crippen LogP contribution in [0.1, 0.15) is 33.1 Å². The van der Waals surface area contributed by atoms with Gasteiger partial charge >= 0.3 is 18.0 Å². The van der Waals surface area contributed by atoms with Gasteiger partial charge in [-0.15, -0.1) is 0 Å². The maximum Gasteiger partial charge on any atom is 0.323 e. The molecule has 0 aromatic carbocycles. The van der Waals surface area contributed by atoms with E-state index in [4.69, 9.17) is 10.2 Å². The van der Waals surface area contributed by atoms with Crippen LogP contribution in [0.15, 0.2) is 0 Å². The van der Waals surface area contributed by atoms with Crippen LogP contribution in [0.25, 0.3) is 0 Å². The summed E-state index contributed by atoms with van der Waals surface area (Å²) < 4.78 is 0. The van der Waals surface area contributed by atoms with Crippen molar-refractivity contribution in [3.05, 3.63) is 0 Å². The third-order valence-corrected chi connectivity index (χ3v) is 3.24. The molecule has 1 aliphatic rings. The minimum absolute atomic E-state index is 0.0208. The van der Waals surface area contributed by atoms with Crippen molar-refractivity contribution in [1.29, 1.82) is 0 Å². The normalized spacial score (nSPS) is 20.8. The highest BCUT2D eigenvalue weighted by molar-refractivity contribution is 5.84. The van der Waals surface area contributed by atoms with Crippen LogP contribution in [0, 0.1) is 5.41 Å². The van der Waals surface area contributed by atoms with Gasteiger partial charge in [0.1, 0.15) is 13.1 Å². The van der Waals surface area contributed by atoms with Crippen LogP contribution < -0.4 is 5.32 Å². The van der Waals surface area contributed by atoms with E-state index in [-0.39, 0.29) is 11.5 Å². The van der Waals surface area contributed by atoms with E-state index in [1.54, 1.807) is 0 Å². The first-order valence-corrected chi connectivity index (χ1v) is 6.19. The first-order chi connectivity index (χ1) is 8.69. The molecule has 1 unspecified atom stereocenters. The fourth-order valence-electron chi connectivity index (χ4n) is 2.35. The molecule has 0 aliphatic heterocycles.